The topological polar surface area (TPSA) is 34.0 Å². The molecule has 1 fully saturated rings. The number of nitrogens with zero attached hydrogens (tertiary/aromatic N) is 1. The maximum atomic E-state index is 11.9. The van der Waals surface area contributed by atoms with E-state index in [0.29, 0.717) is 12.0 Å². The molecule has 4 rings (SSSR count). The van der Waals surface area contributed by atoms with Crippen LogP contribution in [0.3, 0.4) is 0 Å². The normalized spacial score (nSPS) is 29.2. The van der Waals surface area contributed by atoms with E-state index < -0.39 is 0 Å². The molecule has 3 nitrogen and oxygen atoms in total. The van der Waals surface area contributed by atoms with E-state index in [2.05, 4.69) is 37.4 Å². The van der Waals surface area contributed by atoms with E-state index in [9.17, 15) is 4.79 Å². The van der Waals surface area contributed by atoms with Gasteiger partial charge in [0, 0.05) is 25.4 Å². The lowest BCUT2D eigenvalue weighted by molar-refractivity contribution is 0.158. The van der Waals surface area contributed by atoms with Crippen molar-refractivity contribution >= 4 is 0 Å². The number of hydrogen-bond acceptors (Lipinski definition) is 2. The smallest absolute Gasteiger partial charge is 0.250 e. The largest absolute Gasteiger partial charge is 0.319 e. The SMILES string of the molecule is C[C@@H]1[C@H]2Cc3ccc(-c4ccn(C)c(=O)c4)cc3[C@]1(C)CCN2. The molecule has 2 aromatic rings. The minimum Gasteiger partial charge on any atom is -0.319 e. The van der Waals surface area contributed by atoms with E-state index in [0.717, 1.165) is 24.1 Å². The molecule has 1 saturated heterocycles. The number of aryl methyl sites for hydroxylation is 1. The van der Waals surface area contributed by atoms with E-state index >= 15 is 0 Å². The number of benzene rings is 1. The fraction of sp³-hybridized carbons (Fsp3) is 0.450. The molecule has 1 aromatic heterocycles. The van der Waals surface area contributed by atoms with Gasteiger partial charge >= 0.3 is 0 Å². The standard InChI is InChI=1S/C20H24N2O/c1-13-18-11-16-5-4-14(15-6-9-22(3)19(23)12-15)10-17(16)20(13,2)7-8-21-18/h4-6,9-10,12-13,18,21H,7-8,11H2,1-3H3/t13-,18-,20-/m1/s1. The Balaban J connectivity index is 1.85. The molecule has 23 heavy (non-hydrogen) atoms. The highest BCUT2D eigenvalue weighted by molar-refractivity contribution is 5.65. The zero-order valence-electron chi connectivity index (χ0n) is 14.1. The number of hydrogen-bond donors (Lipinski definition) is 1. The second-order valence-corrected chi connectivity index (χ2v) is 7.46. The van der Waals surface area contributed by atoms with Crippen LogP contribution in [0.25, 0.3) is 11.1 Å². The molecule has 0 radical (unpaired) electrons. The predicted molar refractivity (Wildman–Crippen MR) is 93.7 cm³/mol. The van der Waals surface area contributed by atoms with Gasteiger partial charge in [-0.3, -0.25) is 4.79 Å². The molecule has 120 valence electrons. The first kappa shape index (κ1) is 14.7. The van der Waals surface area contributed by atoms with Crippen LogP contribution in [0.5, 0.6) is 0 Å². The van der Waals surface area contributed by atoms with Crippen LogP contribution in [0.4, 0.5) is 0 Å². The first-order valence-corrected chi connectivity index (χ1v) is 8.53. The molecule has 0 amide bonds. The van der Waals surface area contributed by atoms with Gasteiger partial charge in [0.1, 0.15) is 0 Å². The molecule has 0 spiro atoms. The number of pyridine rings is 1. The summed E-state index contributed by atoms with van der Waals surface area (Å²) < 4.78 is 1.61. The van der Waals surface area contributed by atoms with Crippen molar-refractivity contribution in [1.82, 2.24) is 9.88 Å². The Morgan fingerprint density at radius 3 is 2.78 bits per heavy atom. The minimum absolute atomic E-state index is 0.0433. The van der Waals surface area contributed by atoms with Crippen molar-refractivity contribution in [3.05, 3.63) is 58.0 Å². The summed E-state index contributed by atoms with van der Waals surface area (Å²) in [5.41, 5.74) is 5.41. The molecule has 1 N–H and O–H groups in total. The summed E-state index contributed by atoms with van der Waals surface area (Å²) in [6, 6.07) is 11.1. The molecule has 2 aliphatic rings. The van der Waals surface area contributed by atoms with Gasteiger partial charge in [-0.25, -0.2) is 0 Å². The highest BCUT2D eigenvalue weighted by Gasteiger charge is 2.45. The van der Waals surface area contributed by atoms with Crippen LogP contribution in [0.2, 0.25) is 0 Å². The van der Waals surface area contributed by atoms with Gasteiger partial charge in [-0.15, -0.1) is 0 Å². The number of fused-ring (bicyclic) bond motifs is 4. The number of nitrogens with one attached hydrogen (secondary N) is 1. The average molecular weight is 308 g/mol. The molecule has 0 unspecified atom stereocenters. The van der Waals surface area contributed by atoms with E-state index in [1.54, 1.807) is 17.7 Å². The summed E-state index contributed by atoms with van der Waals surface area (Å²) in [4.78, 5) is 11.9. The second kappa shape index (κ2) is 5.07. The van der Waals surface area contributed by atoms with Gasteiger partial charge in [0.25, 0.3) is 5.56 Å². The molecule has 2 bridgehead atoms. The Kier molecular flexibility index (Phi) is 3.24. The van der Waals surface area contributed by atoms with Crippen molar-refractivity contribution in [3.63, 3.8) is 0 Å². The third kappa shape index (κ3) is 2.18. The van der Waals surface area contributed by atoms with Gasteiger partial charge in [0.2, 0.25) is 0 Å². The van der Waals surface area contributed by atoms with Crippen LogP contribution in [0.15, 0.2) is 41.3 Å². The molecule has 2 heterocycles. The summed E-state index contributed by atoms with van der Waals surface area (Å²) in [5, 5.41) is 3.68. The maximum Gasteiger partial charge on any atom is 0.250 e. The molecule has 1 aliphatic heterocycles. The van der Waals surface area contributed by atoms with Gasteiger partial charge in [0.05, 0.1) is 0 Å². The van der Waals surface area contributed by atoms with Crippen LogP contribution in [0.1, 0.15) is 31.4 Å². The van der Waals surface area contributed by atoms with Crippen LogP contribution in [-0.2, 0) is 18.9 Å². The average Bonchev–Trinajstić information content (AvgIpc) is 2.53. The van der Waals surface area contributed by atoms with Crippen molar-refractivity contribution in [2.24, 2.45) is 13.0 Å². The Bertz CT molecular complexity index is 823. The Labute approximate surface area is 137 Å². The summed E-state index contributed by atoms with van der Waals surface area (Å²) in [6.07, 6.45) is 4.14. The monoisotopic (exact) mass is 308 g/mol. The summed E-state index contributed by atoms with van der Waals surface area (Å²) in [6.45, 7) is 5.89. The maximum absolute atomic E-state index is 11.9. The van der Waals surface area contributed by atoms with Gasteiger partial charge in [-0.1, -0.05) is 32.0 Å². The van der Waals surface area contributed by atoms with E-state index in [1.807, 2.05) is 12.3 Å². The highest BCUT2D eigenvalue weighted by atomic mass is 16.1. The lowest BCUT2D eigenvalue weighted by Crippen LogP contribution is -2.56. The second-order valence-electron chi connectivity index (χ2n) is 7.46. The van der Waals surface area contributed by atoms with E-state index in [4.69, 9.17) is 0 Å². The van der Waals surface area contributed by atoms with Crippen molar-refractivity contribution in [2.45, 2.75) is 38.1 Å². The first-order chi connectivity index (χ1) is 11.0. The van der Waals surface area contributed by atoms with Gasteiger partial charge < -0.3 is 9.88 Å². The van der Waals surface area contributed by atoms with Crippen LogP contribution < -0.4 is 10.9 Å². The molecule has 0 saturated carbocycles. The van der Waals surface area contributed by atoms with Crippen LogP contribution in [-0.4, -0.2) is 17.2 Å². The molecular formula is C20H24N2O. The number of aromatic nitrogens is 1. The summed E-state index contributed by atoms with van der Waals surface area (Å²) in [5.74, 6) is 0.641. The summed E-state index contributed by atoms with van der Waals surface area (Å²) >= 11 is 0. The Morgan fingerprint density at radius 2 is 2.00 bits per heavy atom. The lowest BCUT2D eigenvalue weighted by Gasteiger charge is -2.50. The van der Waals surface area contributed by atoms with Gasteiger partial charge in [0.15, 0.2) is 0 Å². The quantitative estimate of drug-likeness (QED) is 0.879. The first-order valence-electron chi connectivity index (χ1n) is 8.53. The lowest BCUT2D eigenvalue weighted by atomic mass is 9.59. The molecule has 3 heteroatoms. The molecular weight excluding hydrogens is 284 g/mol. The van der Waals surface area contributed by atoms with E-state index in [1.165, 1.54) is 17.5 Å². The van der Waals surface area contributed by atoms with Crippen molar-refractivity contribution in [1.29, 1.82) is 0 Å². The zero-order chi connectivity index (χ0) is 16.2. The van der Waals surface area contributed by atoms with Crippen LogP contribution >= 0.6 is 0 Å². The molecule has 3 atom stereocenters. The fourth-order valence-electron chi connectivity index (χ4n) is 4.43. The van der Waals surface area contributed by atoms with Crippen molar-refractivity contribution in [2.75, 3.05) is 6.54 Å². The molecule has 1 aliphatic carbocycles. The van der Waals surface area contributed by atoms with Crippen molar-refractivity contribution in [3.8, 4) is 11.1 Å². The predicted octanol–water partition coefficient (Wildman–Crippen LogP) is 2.86. The van der Waals surface area contributed by atoms with E-state index in [-0.39, 0.29) is 11.0 Å². The highest BCUT2D eigenvalue weighted by Crippen LogP contribution is 2.46. The Hall–Kier alpha value is -1.87. The minimum atomic E-state index is 0.0433. The zero-order valence-corrected chi connectivity index (χ0v) is 14.1. The third-order valence-corrected chi connectivity index (χ3v) is 6.26. The molecule has 1 aromatic carbocycles. The summed E-state index contributed by atoms with van der Waals surface area (Å²) in [7, 11) is 1.79. The fourth-order valence-corrected chi connectivity index (χ4v) is 4.43. The number of piperidine rings is 1. The Morgan fingerprint density at radius 1 is 1.22 bits per heavy atom. The van der Waals surface area contributed by atoms with Crippen molar-refractivity contribution < 1.29 is 0 Å². The third-order valence-electron chi connectivity index (χ3n) is 6.26. The van der Waals surface area contributed by atoms with Crippen LogP contribution in [0, 0.1) is 5.92 Å². The van der Waals surface area contributed by atoms with Gasteiger partial charge in [-0.05, 0) is 59.0 Å². The van der Waals surface area contributed by atoms with Gasteiger partial charge in [-0.2, -0.15) is 0 Å². The number of rotatable bonds is 1.